The van der Waals surface area contributed by atoms with Crippen molar-refractivity contribution in [2.75, 3.05) is 0 Å². The second kappa shape index (κ2) is 8.77. The number of non-ortho nitro benzene ring substituents is 1. The van der Waals surface area contributed by atoms with Crippen LogP contribution in [0.15, 0.2) is 78.9 Å². The average Bonchev–Trinajstić information content (AvgIpc) is 2.71. The Morgan fingerprint density at radius 2 is 1.75 bits per heavy atom. The molecule has 0 radical (unpaired) electrons. The minimum absolute atomic E-state index is 0.0127. The molecule has 3 rings (SSSR count). The van der Waals surface area contributed by atoms with Crippen molar-refractivity contribution in [1.29, 1.82) is 0 Å². The standard InChI is InChI=1S/C23H20N2O3/c1-17-7-5-9-19(13-17)16-24-23(26)22(20-10-3-2-4-11-20)15-18-8-6-12-21(14-18)25(27)28/h2-15H,16H2,1H3,(H,24,26)/b22-15+. The van der Waals surface area contributed by atoms with E-state index in [9.17, 15) is 14.9 Å². The minimum atomic E-state index is -0.447. The number of nitro benzene ring substituents is 1. The van der Waals surface area contributed by atoms with Gasteiger partial charge in [0.2, 0.25) is 0 Å². The lowest BCUT2D eigenvalue weighted by Gasteiger charge is -2.10. The van der Waals surface area contributed by atoms with Crippen molar-refractivity contribution in [3.05, 3.63) is 111 Å². The van der Waals surface area contributed by atoms with E-state index in [1.165, 1.54) is 12.1 Å². The molecule has 0 saturated heterocycles. The van der Waals surface area contributed by atoms with Gasteiger partial charge in [-0.15, -0.1) is 0 Å². The number of nitrogens with zero attached hydrogens (tertiary/aromatic N) is 1. The first-order chi connectivity index (χ1) is 13.5. The quantitative estimate of drug-likeness (QED) is 0.293. The molecule has 0 heterocycles. The fourth-order valence-electron chi connectivity index (χ4n) is 2.89. The van der Waals surface area contributed by atoms with Crippen molar-refractivity contribution in [3.63, 3.8) is 0 Å². The second-order valence-electron chi connectivity index (χ2n) is 6.45. The third-order valence-corrected chi connectivity index (χ3v) is 4.26. The highest BCUT2D eigenvalue weighted by Crippen LogP contribution is 2.21. The van der Waals surface area contributed by atoms with E-state index < -0.39 is 4.92 Å². The van der Waals surface area contributed by atoms with Crippen molar-refractivity contribution in [2.24, 2.45) is 0 Å². The first kappa shape index (κ1) is 19.0. The van der Waals surface area contributed by atoms with E-state index >= 15 is 0 Å². The van der Waals surface area contributed by atoms with Crippen molar-refractivity contribution >= 4 is 23.2 Å². The van der Waals surface area contributed by atoms with E-state index in [1.54, 1.807) is 18.2 Å². The van der Waals surface area contributed by atoms with E-state index in [1.807, 2.05) is 61.5 Å². The number of aryl methyl sites for hydroxylation is 1. The molecule has 0 aliphatic carbocycles. The summed E-state index contributed by atoms with van der Waals surface area (Å²) in [6.45, 7) is 2.41. The van der Waals surface area contributed by atoms with Gasteiger partial charge in [-0.2, -0.15) is 0 Å². The van der Waals surface area contributed by atoms with Gasteiger partial charge in [-0.05, 0) is 29.7 Å². The molecule has 0 aliphatic rings. The molecule has 0 aromatic heterocycles. The van der Waals surface area contributed by atoms with Crippen LogP contribution in [-0.2, 0) is 11.3 Å². The number of hydrogen-bond donors (Lipinski definition) is 1. The Balaban J connectivity index is 1.90. The lowest BCUT2D eigenvalue weighted by molar-refractivity contribution is -0.384. The molecule has 0 fully saturated rings. The van der Waals surface area contributed by atoms with Crippen LogP contribution >= 0.6 is 0 Å². The van der Waals surface area contributed by atoms with Crippen LogP contribution in [0.4, 0.5) is 5.69 Å². The number of amides is 1. The van der Waals surface area contributed by atoms with E-state index in [0.717, 1.165) is 16.7 Å². The minimum Gasteiger partial charge on any atom is -0.348 e. The topological polar surface area (TPSA) is 72.2 Å². The van der Waals surface area contributed by atoms with E-state index in [2.05, 4.69) is 5.32 Å². The molecule has 1 amide bonds. The molecule has 5 nitrogen and oxygen atoms in total. The molecule has 0 bridgehead atoms. The maximum Gasteiger partial charge on any atom is 0.270 e. The SMILES string of the molecule is Cc1cccc(CNC(=O)/C(=C/c2cccc([N+](=O)[O-])c2)c2ccccc2)c1. The van der Waals surface area contributed by atoms with Gasteiger partial charge in [0.05, 0.1) is 4.92 Å². The van der Waals surface area contributed by atoms with Crippen molar-refractivity contribution in [2.45, 2.75) is 13.5 Å². The summed E-state index contributed by atoms with van der Waals surface area (Å²) >= 11 is 0. The molecule has 28 heavy (non-hydrogen) atoms. The first-order valence-electron chi connectivity index (χ1n) is 8.88. The van der Waals surface area contributed by atoms with Crippen LogP contribution in [0.3, 0.4) is 0 Å². The molecule has 140 valence electrons. The molecule has 1 N–H and O–H groups in total. The van der Waals surface area contributed by atoms with Gasteiger partial charge in [-0.3, -0.25) is 14.9 Å². The fourth-order valence-corrected chi connectivity index (χ4v) is 2.89. The third kappa shape index (κ3) is 4.92. The summed E-state index contributed by atoms with van der Waals surface area (Å²) in [5.74, 6) is -0.237. The summed E-state index contributed by atoms with van der Waals surface area (Å²) < 4.78 is 0. The number of nitro groups is 1. The highest BCUT2D eigenvalue weighted by atomic mass is 16.6. The smallest absolute Gasteiger partial charge is 0.270 e. The zero-order valence-electron chi connectivity index (χ0n) is 15.5. The summed E-state index contributed by atoms with van der Waals surface area (Å²) in [4.78, 5) is 23.5. The predicted molar refractivity (Wildman–Crippen MR) is 110 cm³/mol. The van der Waals surface area contributed by atoms with Gasteiger partial charge in [0, 0.05) is 24.3 Å². The summed E-state index contributed by atoms with van der Waals surface area (Å²) in [5.41, 5.74) is 3.92. The van der Waals surface area contributed by atoms with Crippen LogP contribution in [0.25, 0.3) is 11.6 Å². The Bertz CT molecular complexity index is 1030. The van der Waals surface area contributed by atoms with Gasteiger partial charge in [-0.25, -0.2) is 0 Å². The maximum absolute atomic E-state index is 12.9. The Morgan fingerprint density at radius 1 is 1.00 bits per heavy atom. The van der Waals surface area contributed by atoms with E-state index in [0.29, 0.717) is 17.7 Å². The number of nitrogens with one attached hydrogen (secondary N) is 1. The van der Waals surface area contributed by atoms with Gasteiger partial charge >= 0.3 is 0 Å². The molecule has 0 saturated carbocycles. The van der Waals surface area contributed by atoms with Crippen LogP contribution < -0.4 is 5.32 Å². The zero-order chi connectivity index (χ0) is 19.9. The van der Waals surface area contributed by atoms with Gasteiger partial charge in [0.1, 0.15) is 0 Å². The number of benzene rings is 3. The van der Waals surface area contributed by atoms with Crippen molar-refractivity contribution < 1.29 is 9.72 Å². The molecule has 0 unspecified atom stereocenters. The highest BCUT2D eigenvalue weighted by Gasteiger charge is 2.13. The summed E-state index contributed by atoms with van der Waals surface area (Å²) in [6, 6.07) is 23.4. The van der Waals surface area contributed by atoms with Gasteiger partial charge in [0.25, 0.3) is 11.6 Å². The van der Waals surface area contributed by atoms with Crippen molar-refractivity contribution in [1.82, 2.24) is 5.32 Å². The fraction of sp³-hybridized carbons (Fsp3) is 0.0870. The maximum atomic E-state index is 12.9. The molecule has 3 aromatic rings. The summed E-state index contributed by atoms with van der Waals surface area (Å²) in [7, 11) is 0. The largest absolute Gasteiger partial charge is 0.348 e. The highest BCUT2D eigenvalue weighted by molar-refractivity contribution is 6.24. The zero-order valence-corrected chi connectivity index (χ0v) is 15.5. The lowest BCUT2D eigenvalue weighted by atomic mass is 10.0. The predicted octanol–water partition coefficient (Wildman–Crippen LogP) is 4.76. The number of hydrogen-bond acceptors (Lipinski definition) is 3. The monoisotopic (exact) mass is 372 g/mol. The van der Waals surface area contributed by atoms with Crippen LogP contribution in [0.1, 0.15) is 22.3 Å². The summed E-state index contributed by atoms with van der Waals surface area (Å²) in [5, 5.41) is 14.0. The normalized spacial score (nSPS) is 11.1. The van der Waals surface area contributed by atoms with Gasteiger partial charge in [-0.1, -0.05) is 72.3 Å². The van der Waals surface area contributed by atoms with Gasteiger partial charge < -0.3 is 5.32 Å². The van der Waals surface area contributed by atoms with E-state index in [-0.39, 0.29) is 11.6 Å². The number of carbonyl (C=O) groups is 1. The Hall–Kier alpha value is -3.73. The van der Waals surface area contributed by atoms with E-state index in [4.69, 9.17) is 0 Å². The first-order valence-corrected chi connectivity index (χ1v) is 8.88. The Labute approximate surface area is 163 Å². The summed E-state index contributed by atoms with van der Waals surface area (Å²) in [6.07, 6.45) is 1.67. The lowest BCUT2D eigenvalue weighted by Crippen LogP contribution is -2.23. The molecule has 3 aromatic carbocycles. The van der Waals surface area contributed by atoms with Crippen LogP contribution in [0, 0.1) is 17.0 Å². The molecule has 0 atom stereocenters. The second-order valence-corrected chi connectivity index (χ2v) is 6.45. The third-order valence-electron chi connectivity index (χ3n) is 4.26. The van der Waals surface area contributed by atoms with Crippen LogP contribution in [0.5, 0.6) is 0 Å². The van der Waals surface area contributed by atoms with Crippen molar-refractivity contribution in [3.8, 4) is 0 Å². The Morgan fingerprint density at radius 3 is 2.46 bits per heavy atom. The molecular weight excluding hydrogens is 352 g/mol. The molecular formula is C23H20N2O3. The molecule has 0 aliphatic heterocycles. The molecule has 0 spiro atoms. The van der Waals surface area contributed by atoms with Crippen LogP contribution in [0.2, 0.25) is 0 Å². The average molecular weight is 372 g/mol. The number of rotatable bonds is 6. The Kier molecular flexibility index (Phi) is 5.97. The van der Waals surface area contributed by atoms with Gasteiger partial charge in [0.15, 0.2) is 0 Å². The molecule has 5 heteroatoms. The van der Waals surface area contributed by atoms with Crippen LogP contribution in [-0.4, -0.2) is 10.8 Å². The number of carbonyl (C=O) groups excluding carboxylic acids is 1.